The maximum atomic E-state index is 11.9. The van der Waals surface area contributed by atoms with Crippen molar-refractivity contribution in [3.63, 3.8) is 0 Å². The second-order valence-electron chi connectivity index (χ2n) is 5.79. The number of nitrogens with zero attached hydrogens (tertiary/aromatic N) is 1. The van der Waals surface area contributed by atoms with E-state index in [9.17, 15) is 38.4 Å². The third-order valence-electron chi connectivity index (χ3n) is 3.55. The summed E-state index contributed by atoms with van der Waals surface area (Å²) in [6, 6.07) is 0. The molecule has 17 nitrogen and oxygen atoms in total. The van der Waals surface area contributed by atoms with Gasteiger partial charge in [0.1, 0.15) is 23.9 Å². The third-order valence-corrected chi connectivity index (χ3v) is 7.36. The molecule has 2 rings (SSSR count). The average molecular weight is 508 g/mol. The van der Waals surface area contributed by atoms with Crippen LogP contribution in [0.25, 0.3) is 0 Å². The number of ether oxygens (including phenoxy) is 1. The molecule has 0 saturated carbocycles. The fraction of sp³-hybridized carbons (Fsp3) is 0.455. The summed E-state index contributed by atoms with van der Waals surface area (Å²) < 4.78 is 50.7. The van der Waals surface area contributed by atoms with Crippen LogP contribution in [0.5, 0.6) is 0 Å². The number of rotatable bonds is 8. The van der Waals surface area contributed by atoms with Crippen molar-refractivity contribution in [3.8, 4) is 12.3 Å². The third kappa shape index (κ3) is 6.75. The molecule has 0 amide bonds. The molecule has 20 heteroatoms. The number of nitrogens with one attached hydrogen (secondary N) is 1. The summed E-state index contributed by atoms with van der Waals surface area (Å²) in [6.07, 6.45) is -0.975. The van der Waals surface area contributed by atoms with Gasteiger partial charge in [-0.15, -0.1) is 6.42 Å². The number of phosphoric ester groups is 1. The van der Waals surface area contributed by atoms with Crippen molar-refractivity contribution in [1.29, 1.82) is 0 Å². The predicted octanol–water partition coefficient (Wildman–Crippen LogP) is -2.52. The molecule has 1 aliphatic heterocycles. The van der Waals surface area contributed by atoms with Gasteiger partial charge in [-0.3, -0.25) is 18.9 Å². The highest BCUT2D eigenvalue weighted by Gasteiger charge is 2.46. The maximum absolute atomic E-state index is 11.9. The van der Waals surface area contributed by atoms with Crippen molar-refractivity contribution >= 4 is 23.5 Å². The van der Waals surface area contributed by atoms with E-state index in [-0.39, 0.29) is 5.56 Å². The summed E-state index contributed by atoms with van der Waals surface area (Å²) >= 11 is 0. The lowest BCUT2D eigenvalue weighted by atomic mass is 10.1. The predicted molar refractivity (Wildman–Crippen MR) is 95.0 cm³/mol. The normalized spacial score (nSPS) is 27.9. The minimum absolute atomic E-state index is 0.318. The largest absolute Gasteiger partial charge is 0.490 e. The Balaban J connectivity index is 2.13. The maximum Gasteiger partial charge on any atom is 0.490 e. The molecule has 6 atom stereocenters. The molecular weight excluding hydrogens is 493 g/mol. The molecule has 2 heterocycles. The molecule has 0 aliphatic carbocycles. The van der Waals surface area contributed by atoms with Gasteiger partial charge in [-0.05, 0) is 0 Å². The monoisotopic (exact) mass is 508 g/mol. The van der Waals surface area contributed by atoms with E-state index >= 15 is 0 Å². The molecular formula is C11H15N2O15P3. The van der Waals surface area contributed by atoms with Gasteiger partial charge in [-0.25, -0.2) is 18.5 Å². The van der Waals surface area contributed by atoms with Crippen LogP contribution in [0.4, 0.5) is 0 Å². The van der Waals surface area contributed by atoms with Crippen molar-refractivity contribution in [2.75, 3.05) is 6.61 Å². The number of hydrogen-bond donors (Lipinski definition) is 7. The van der Waals surface area contributed by atoms with Crippen LogP contribution in [0.1, 0.15) is 11.8 Å². The van der Waals surface area contributed by atoms with Crippen molar-refractivity contribution < 1.29 is 61.4 Å². The highest BCUT2D eigenvalue weighted by Crippen LogP contribution is 2.66. The number of phosphoric acid groups is 3. The Kier molecular flexibility index (Phi) is 7.64. The zero-order valence-corrected chi connectivity index (χ0v) is 17.5. The molecule has 0 aromatic carbocycles. The summed E-state index contributed by atoms with van der Waals surface area (Å²) in [7, 11) is -16.9. The first kappa shape index (κ1) is 25.8. The molecule has 31 heavy (non-hydrogen) atoms. The van der Waals surface area contributed by atoms with Gasteiger partial charge in [0.15, 0.2) is 6.23 Å². The first-order chi connectivity index (χ1) is 14.1. The summed E-state index contributed by atoms with van der Waals surface area (Å²) in [5, 5.41) is 20.1. The first-order valence-electron chi connectivity index (χ1n) is 7.67. The summed E-state index contributed by atoms with van der Waals surface area (Å²) in [6.45, 7) is -1.08. The number of terminal acetylenes is 1. The van der Waals surface area contributed by atoms with Gasteiger partial charge in [-0.2, -0.15) is 8.62 Å². The second kappa shape index (κ2) is 9.18. The molecule has 1 aliphatic rings. The Morgan fingerprint density at radius 1 is 1.10 bits per heavy atom. The topological polar surface area (TPSA) is 264 Å². The van der Waals surface area contributed by atoms with Crippen LogP contribution in [-0.4, -0.2) is 64.3 Å². The van der Waals surface area contributed by atoms with Gasteiger partial charge in [0.2, 0.25) is 0 Å². The van der Waals surface area contributed by atoms with E-state index in [1.165, 1.54) is 0 Å². The number of hydrogen-bond acceptors (Lipinski definition) is 11. The highest BCUT2D eigenvalue weighted by atomic mass is 31.3. The average Bonchev–Trinajstić information content (AvgIpc) is 2.85. The molecule has 0 radical (unpaired) electrons. The number of aliphatic hydroxyl groups excluding tert-OH is 2. The molecule has 0 spiro atoms. The lowest BCUT2D eigenvalue weighted by Gasteiger charge is -2.19. The second-order valence-corrected chi connectivity index (χ2v) is 10.2. The van der Waals surface area contributed by atoms with E-state index in [1.807, 2.05) is 10.9 Å². The minimum Gasteiger partial charge on any atom is -0.387 e. The van der Waals surface area contributed by atoms with Crippen LogP contribution in [0, 0.1) is 12.3 Å². The lowest BCUT2D eigenvalue weighted by Crippen LogP contribution is -2.38. The Morgan fingerprint density at radius 2 is 1.71 bits per heavy atom. The van der Waals surface area contributed by atoms with Crippen molar-refractivity contribution in [2.45, 2.75) is 24.5 Å². The van der Waals surface area contributed by atoms with E-state index in [1.54, 1.807) is 0 Å². The molecule has 1 fully saturated rings. The number of H-pyrrole nitrogens is 1. The molecule has 1 aromatic heterocycles. The van der Waals surface area contributed by atoms with Gasteiger partial charge in [0, 0.05) is 6.20 Å². The molecule has 174 valence electrons. The zero-order chi connectivity index (χ0) is 23.8. The number of aromatic nitrogens is 2. The molecule has 1 aromatic rings. The Hall–Kier alpha value is -1.47. The van der Waals surface area contributed by atoms with Crippen LogP contribution in [0.2, 0.25) is 0 Å². The quantitative estimate of drug-likeness (QED) is 0.141. The summed E-state index contributed by atoms with van der Waals surface area (Å²) in [5.74, 6) is 1.97. The smallest absolute Gasteiger partial charge is 0.387 e. The SMILES string of the molecule is C#Cc1cn([C@@H]2O[C@H](COP(=O)(O)OP(=O)(O)OP(=O)(O)O)[C@@H](O)[C@H]2O)c(=O)[nH]c1=O. The van der Waals surface area contributed by atoms with Crippen LogP contribution in [-0.2, 0) is 31.6 Å². The van der Waals surface area contributed by atoms with Gasteiger partial charge in [0.25, 0.3) is 5.56 Å². The van der Waals surface area contributed by atoms with Crippen molar-refractivity contribution in [2.24, 2.45) is 0 Å². The fourth-order valence-corrected chi connectivity index (χ4v) is 5.37. The van der Waals surface area contributed by atoms with E-state index < -0.39 is 65.9 Å². The summed E-state index contributed by atoms with van der Waals surface area (Å²) in [4.78, 5) is 60.7. The Labute approximate surface area is 171 Å². The van der Waals surface area contributed by atoms with E-state index in [2.05, 4.69) is 13.1 Å². The number of aromatic amines is 1. The van der Waals surface area contributed by atoms with Gasteiger partial charge >= 0.3 is 29.2 Å². The van der Waals surface area contributed by atoms with Crippen LogP contribution in [0.3, 0.4) is 0 Å². The molecule has 7 N–H and O–H groups in total. The Bertz CT molecular complexity index is 1130. The van der Waals surface area contributed by atoms with Crippen LogP contribution in [0.15, 0.2) is 15.8 Å². The van der Waals surface area contributed by atoms with Crippen molar-refractivity contribution in [3.05, 3.63) is 32.6 Å². The highest BCUT2D eigenvalue weighted by molar-refractivity contribution is 7.66. The molecule has 1 saturated heterocycles. The standard InChI is InChI=1S/C11H15N2O15P3/c1-2-5-3-13(11(17)12-9(5)16)10-8(15)7(14)6(26-10)4-25-30(21,22)28-31(23,24)27-29(18,19)20/h1,3,6-8,10,14-15H,4H2,(H,21,22)(H,23,24)(H,12,16,17)(H2,18,19,20)/t6-,7-,8-,10-/m1/s1. The Morgan fingerprint density at radius 3 is 2.26 bits per heavy atom. The van der Waals surface area contributed by atoms with Crippen LogP contribution < -0.4 is 11.2 Å². The van der Waals surface area contributed by atoms with E-state index in [4.69, 9.17) is 25.8 Å². The van der Waals surface area contributed by atoms with Gasteiger partial charge in [0.05, 0.1) is 6.61 Å². The lowest BCUT2D eigenvalue weighted by molar-refractivity contribution is -0.0542. The molecule has 2 unspecified atom stereocenters. The van der Waals surface area contributed by atoms with E-state index in [0.29, 0.717) is 4.57 Å². The van der Waals surface area contributed by atoms with Crippen molar-refractivity contribution in [1.82, 2.24) is 9.55 Å². The summed E-state index contributed by atoms with van der Waals surface area (Å²) in [5.41, 5.74) is -2.30. The minimum atomic E-state index is -5.76. The first-order valence-corrected chi connectivity index (χ1v) is 12.2. The fourth-order valence-electron chi connectivity index (χ4n) is 2.34. The van der Waals surface area contributed by atoms with Gasteiger partial charge in [-0.1, -0.05) is 5.92 Å². The van der Waals surface area contributed by atoms with Gasteiger partial charge < -0.3 is 34.5 Å². The van der Waals surface area contributed by atoms with Crippen LogP contribution >= 0.6 is 23.5 Å². The zero-order valence-electron chi connectivity index (χ0n) is 14.8. The number of aliphatic hydroxyl groups is 2. The van der Waals surface area contributed by atoms with E-state index in [0.717, 1.165) is 6.20 Å². The molecule has 0 bridgehead atoms.